The molecule has 0 atom stereocenters. The first-order valence-corrected chi connectivity index (χ1v) is 6.37. The molecule has 1 aromatic carbocycles. The molecule has 0 heterocycles. The van der Waals surface area contributed by atoms with Gasteiger partial charge in [-0.2, -0.15) is 0 Å². The summed E-state index contributed by atoms with van der Waals surface area (Å²) in [6.45, 7) is 11.5. The zero-order valence-corrected chi connectivity index (χ0v) is 11.4. The Bertz CT molecular complexity index is 346. The summed E-state index contributed by atoms with van der Waals surface area (Å²) in [6, 6.07) is 8.15. The monoisotopic (exact) mass is 249 g/mol. The second kappa shape index (κ2) is 8.72. The molecule has 0 saturated heterocycles. The molecule has 0 radical (unpaired) electrons. The van der Waals surface area contributed by atoms with Crippen LogP contribution in [0, 0.1) is 0 Å². The normalized spacial score (nSPS) is 10.3. The van der Waals surface area contributed by atoms with Crippen molar-refractivity contribution in [3.05, 3.63) is 42.0 Å². The van der Waals surface area contributed by atoms with Crippen LogP contribution in [0.2, 0.25) is 0 Å². The van der Waals surface area contributed by atoms with Crippen LogP contribution in [-0.2, 0) is 11.3 Å². The van der Waals surface area contributed by atoms with Crippen molar-refractivity contribution < 1.29 is 9.47 Å². The maximum absolute atomic E-state index is 5.40. The van der Waals surface area contributed by atoms with Crippen molar-refractivity contribution in [1.82, 2.24) is 5.32 Å². The fraction of sp³-hybridized carbons (Fsp3) is 0.467. The van der Waals surface area contributed by atoms with E-state index in [0.717, 1.165) is 24.4 Å². The van der Waals surface area contributed by atoms with E-state index < -0.39 is 0 Å². The van der Waals surface area contributed by atoms with Gasteiger partial charge >= 0.3 is 0 Å². The number of nitrogens with one attached hydrogen (secondary N) is 1. The van der Waals surface area contributed by atoms with Crippen molar-refractivity contribution in [3.8, 4) is 5.75 Å². The first-order valence-electron chi connectivity index (χ1n) is 6.37. The van der Waals surface area contributed by atoms with Gasteiger partial charge in [0.15, 0.2) is 0 Å². The van der Waals surface area contributed by atoms with Crippen LogP contribution in [0.4, 0.5) is 0 Å². The SMILES string of the molecule is C=C(C)COCCNCc1ccc(OCC)cc1. The molecule has 3 nitrogen and oxygen atoms in total. The van der Waals surface area contributed by atoms with E-state index in [1.807, 2.05) is 26.0 Å². The topological polar surface area (TPSA) is 30.5 Å². The van der Waals surface area contributed by atoms with Gasteiger partial charge in [0.2, 0.25) is 0 Å². The van der Waals surface area contributed by atoms with Crippen molar-refractivity contribution >= 4 is 0 Å². The van der Waals surface area contributed by atoms with Crippen LogP contribution < -0.4 is 10.1 Å². The molecule has 100 valence electrons. The second-order valence-corrected chi connectivity index (χ2v) is 4.26. The Hall–Kier alpha value is -1.32. The van der Waals surface area contributed by atoms with Gasteiger partial charge in [-0.1, -0.05) is 24.3 Å². The Morgan fingerprint density at radius 2 is 2.00 bits per heavy atom. The summed E-state index contributed by atoms with van der Waals surface area (Å²) in [5, 5.41) is 3.33. The average Bonchev–Trinajstić information content (AvgIpc) is 2.35. The molecule has 0 unspecified atom stereocenters. The van der Waals surface area contributed by atoms with E-state index in [4.69, 9.17) is 9.47 Å². The van der Waals surface area contributed by atoms with Crippen LogP contribution in [0.1, 0.15) is 19.4 Å². The van der Waals surface area contributed by atoms with Crippen molar-refractivity contribution in [2.45, 2.75) is 20.4 Å². The third-order valence-electron chi connectivity index (χ3n) is 2.34. The van der Waals surface area contributed by atoms with E-state index in [9.17, 15) is 0 Å². The summed E-state index contributed by atoms with van der Waals surface area (Å²) in [5.41, 5.74) is 2.31. The molecule has 0 saturated carbocycles. The van der Waals surface area contributed by atoms with Gasteiger partial charge in [-0.15, -0.1) is 0 Å². The summed E-state index contributed by atoms with van der Waals surface area (Å²) < 4.78 is 10.8. The Morgan fingerprint density at radius 3 is 2.61 bits per heavy atom. The zero-order valence-electron chi connectivity index (χ0n) is 11.4. The van der Waals surface area contributed by atoms with Crippen LogP contribution in [0.15, 0.2) is 36.4 Å². The number of hydrogen-bond acceptors (Lipinski definition) is 3. The molecule has 0 aliphatic heterocycles. The van der Waals surface area contributed by atoms with Gasteiger partial charge in [0, 0.05) is 13.1 Å². The lowest BCUT2D eigenvalue weighted by Gasteiger charge is -2.07. The maximum Gasteiger partial charge on any atom is 0.119 e. The minimum absolute atomic E-state index is 0.644. The molecule has 1 aromatic rings. The molecule has 0 bridgehead atoms. The van der Waals surface area contributed by atoms with E-state index in [1.54, 1.807) is 0 Å². The van der Waals surface area contributed by atoms with E-state index in [0.29, 0.717) is 19.8 Å². The van der Waals surface area contributed by atoms with Gasteiger partial charge in [0.05, 0.1) is 19.8 Å². The molecule has 3 heteroatoms. The van der Waals surface area contributed by atoms with Crippen LogP contribution in [0.3, 0.4) is 0 Å². The molecule has 1 rings (SSSR count). The number of ether oxygens (including phenoxy) is 2. The molecule has 0 amide bonds. The molecule has 1 N–H and O–H groups in total. The highest BCUT2D eigenvalue weighted by Crippen LogP contribution is 2.11. The maximum atomic E-state index is 5.40. The molecule has 0 aromatic heterocycles. The molecular formula is C15H23NO2. The van der Waals surface area contributed by atoms with Crippen LogP contribution in [0.5, 0.6) is 5.75 Å². The molecule has 0 aliphatic carbocycles. The molecular weight excluding hydrogens is 226 g/mol. The third kappa shape index (κ3) is 6.42. The van der Waals surface area contributed by atoms with Crippen LogP contribution in [-0.4, -0.2) is 26.4 Å². The molecule has 0 fully saturated rings. The highest BCUT2D eigenvalue weighted by Gasteiger charge is 1.95. The second-order valence-electron chi connectivity index (χ2n) is 4.26. The third-order valence-corrected chi connectivity index (χ3v) is 2.34. The molecule has 18 heavy (non-hydrogen) atoms. The van der Waals surface area contributed by atoms with Crippen LogP contribution >= 0.6 is 0 Å². The predicted molar refractivity (Wildman–Crippen MR) is 75.0 cm³/mol. The summed E-state index contributed by atoms with van der Waals surface area (Å²) in [5.74, 6) is 0.922. The standard InChI is InChI=1S/C15H23NO2/c1-4-18-15-7-5-14(6-8-15)11-16-9-10-17-12-13(2)3/h5-8,16H,2,4,9-12H2,1,3H3. The smallest absolute Gasteiger partial charge is 0.119 e. The molecule has 0 aliphatic rings. The van der Waals surface area contributed by atoms with E-state index in [2.05, 4.69) is 24.0 Å². The average molecular weight is 249 g/mol. The van der Waals surface area contributed by atoms with Crippen molar-refractivity contribution in [2.24, 2.45) is 0 Å². The number of benzene rings is 1. The lowest BCUT2D eigenvalue weighted by molar-refractivity contribution is 0.158. The lowest BCUT2D eigenvalue weighted by Crippen LogP contribution is -2.19. The summed E-state index contributed by atoms with van der Waals surface area (Å²) in [6.07, 6.45) is 0. The predicted octanol–water partition coefficient (Wildman–Crippen LogP) is 2.77. The Balaban J connectivity index is 2.13. The fourth-order valence-electron chi connectivity index (χ4n) is 1.49. The highest BCUT2D eigenvalue weighted by molar-refractivity contribution is 5.27. The largest absolute Gasteiger partial charge is 0.494 e. The van der Waals surface area contributed by atoms with Gasteiger partial charge in [0.25, 0.3) is 0 Å². The minimum Gasteiger partial charge on any atom is -0.494 e. The van der Waals surface area contributed by atoms with Gasteiger partial charge in [-0.25, -0.2) is 0 Å². The lowest BCUT2D eigenvalue weighted by atomic mass is 10.2. The minimum atomic E-state index is 0.644. The van der Waals surface area contributed by atoms with Gasteiger partial charge in [-0.05, 0) is 31.5 Å². The quantitative estimate of drug-likeness (QED) is 0.539. The summed E-state index contributed by atoms with van der Waals surface area (Å²) in [4.78, 5) is 0. The number of rotatable bonds is 9. The summed E-state index contributed by atoms with van der Waals surface area (Å²) >= 11 is 0. The van der Waals surface area contributed by atoms with Gasteiger partial charge in [0.1, 0.15) is 5.75 Å². The highest BCUT2D eigenvalue weighted by atomic mass is 16.5. The number of hydrogen-bond donors (Lipinski definition) is 1. The van der Waals surface area contributed by atoms with E-state index in [-0.39, 0.29) is 0 Å². The van der Waals surface area contributed by atoms with Gasteiger partial charge < -0.3 is 14.8 Å². The van der Waals surface area contributed by atoms with Crippen LogP contribution in [0.25, 0.3) is 0 Å². The Labute approximate surface area is 110 Å². The fourth-order valence-corrected chi connectivity index (χ4v) is 1.49. The van der Waals surface area contributed by atoms with Gasteiger partial charge in [-0.3, -0.25) is 0 Å². The zero-order chi connectivity index (χ0) is 13.2. The van der Waals surface area contributed by atoms with Crippen molar-refractivity contribution in [2.75, 3.05) is 26.4 Å². The Morgan fingerprint density at radius 1 is 1.28 bits per heavy atom. The summed E-state index contributed by atoms with van der Waals surface area (Å²) in [7, 11) is 0. The first kappa shape index (κ1) is 14.7. The Kier molecular flexibility index (Phi) is 7.14. The van der Waals surface area contributed by atoms with E-state index >= 15 is 0 Å². The van der Waals surface area contributed by atoms with Crippen molar-refractivity contribution in [1.29, 1.82) is 0 Å². The first-order chi connectivity index (χ1) is 8.72. The van der Waals surface area contributed by atoms with Crippen molar-refractivity contribution in [3.63, 3.8) is 0 Å². The van der Waals surface area contributed by atoms with E-state index in [1.165, 1.54) is 5.56 Å². The molecule has 0 spiro atoms.